The molecule has 7 nitrogen and oxygen atoms in total. The molecule has 0 N–H and O–H groups in total. The molecular formula is C17H16BrN5O2S. The van der Waals surface area contributed by atoms with Crippen LogP contribution in [-0.4, -0.2) is 38.0 Å². The summed E-state index contributed by atoms with van der Waals surface area (Å²) in [6, 6.07) is 7.66. The van der Waals surface area contributed by atoms with Gasteiger partial charge in [0.05, 0.1) is 9.89 Å². The second-order valence-corrected chi connectivity index (χ2v) is 8.74. The summed E-state index contributed by atoms with van der Waals surface area (Å²) in [4.78, 5) is 17.3. The third-order valence-electron chi connectivity index (χ3n) is 4.27. The minimum Gasteiger partial charge on any atom is -0.462 e. The van der Waals surface area contributed by atoms with Crippen LogP contribution in [0.15, 0.2) is 33.0 Å². The van der Waals surface area contributed by atoms with Crippen LogP contribution in [0.1, 0.15) is 32.4 Å². The van der Waals surface area contributed by atoms with E-state index in [0.717, 1.165) is 19.4 Å². The molecule has 3 aromatic rings. The fourth-order valence-electron chi connectivity index (χ4n) is 3.24. The summed E-state index contributed by atoms with van der Waals surface area (Å²) in [5.41, 5.74) is 1.62. The Balaban J connectivity index is 1.94. The van der Waals surface area contributed by atoms with E-state index in [1.54, 1.807) is 16.0 Å². The summed E-state index contributed by atoms with van der Waals surface area (Å²) < 4.78 is 9.20. The lowest BCUT2D eigenvalue weighted by molar-refractivity contribution is -0.151. The number of ether oxygens (including phenoxy) is 1. The first kappa shape index (κ1) is 17.3. The monoisotopic (exact) mass is 433 g/mol. The van der Waals surface area contributed by atoms with Crippen LogP contribution >= 0.6 is 27.3 Å². The van der Waals surface area contributed by atoms with Gasteiger partial charge in [-0.3, -0.25) is 4.79 Å². The highest BCUT2D eigenvalue weighted by Crippen LogP contribution is 2.45. The molecule has 0 spiro atoms. The number of tetrazole rings is 1. The second-order valence-electron chi connectivity index (χ2n) is 6.37. The van der Waals surface area contributed by atoms with Crippen molar-refractivity contribution < 1.29 is 9.53 Å². The average Bonchev–Trinajstić information content (AvgIpc) is 3.15. The van der Waals surface area contributed by atoms with Crippen molar-refractivity contribution in [1.29, 1.82) is 0 Å². The highest BCUT2D eigenvalue weighted by atomic mass is 79.9. The van der Waals surface area contributed by atoms with Crippen LogP contribution < -0.4 is 0 Å². The zero-order valence-electron chi connectivity index (χ0n) is 14.4. The largest absolute Gasteiger partial charge is 0.462 e. The fraction of sp³-hybridized carbons (Fsp3) is 0.353. The molecule has 9 heteroatoms. The summed E-state index contributed by atoms with van der Waals surface area (Å²) in [5, 5.41) is 12.9. The Morgan fingerprint density at radius 3 is 2.88 bits per heavy atom. The van der Waals surface area contributed by atoms with Crippen LogP contribution in [0.2, 0.25) is 0 Å². The van der Waals surface area contributed by atoms with Crippen molar-refractivity contribution in [3.8, 4) is 0 Å². The van der Waals surface area contributed by atoms with Crippen LogP contribution in [0, 0.1) is 5.92 Å². The normalized spacial score (nSPS) is 19.5. The van der Waals surface area contributed by atoms with E-state index in [9.17, 15) is 4.79 Å². The van der Waals surface area contributed by atoms with Crippen molar-refractivity contribution in [3.05, 3.63) is 33.6 Å². The molecule has 2 aromatic heterocycles. The lowest BCUT2D eigenvalue weighted by Gasteiger charge is -2.29. The summed E-state index contributed by atoms with van der Waals surface area (Å²) in [6.07, 6.45) is -0.214. The maximum atomic E-state index is 12.9. The Morgan fingerprint density at radius 2 is 2.12 bits per heavy atom. The Bertz CT molecular complexity index is 1030. The van der Waals surface area contributed by atoms with Crippen molar-refractivity contribution in [3.63, 3.8) is 0 Å². The molecule has 3 heterocycles. The van der Waals surface area contributed by atoms with Crippen molar-refractivity contribution in [1.82, 2.24) is 20.2 Å². The zero-order valence-corrected chi connectivity index (χ0v) is 16.8. The van der Waals surface area contributed by atoms with E-state index < -0.39 is 12.0 Å². The third-order valence-corrected chi connectivity index (χ3v) is 6.16. The standard InChI is InChI=1S/C17H16BrN5O2S/c1-8(2)25-16(24)12-9(3)19-17-20-21-22-23(17)14(12)13-10-6-4-5-7-11(10)26-15(13)18/h4-8,12,14H,1-3H3. The molecule has 0 saturated heterocycles. The average molecular weight is 434 g/mol. The second kappa shape index (κ2) is 6.55. The van der Waals surface area contributed by atoms with E-state index >= 15 is 0 Å². The van der Waals surface area contributed by atoms with Gasteiger partial charge in [-0.15, -0.1) is 11.3 Å². The van der Waals surface area contributed by atoms with Crippen molar-refractivity contribution >= 4 is 55.0 Å². The lowest BCUT2D eigenvalue weighted by atomic mass is 9.88. The summed E-state index contributed by atoms with van der Waals surface area (Å²) in [5.74, 6) is -0.527. The van der Waals surface area contributed by atoms with Crippen molar-refractivity contribution in [2.45, 2.75) is 32.9 Å². The molecule has 2 unspecified atom stereocenters. The van der Waals surface area contributed by atoms with Crippen LogP contribution in [0.5, 0.6) is 0 Å². The number of benzene rings is 1. The molecular weight excluding hydrogens is 418 g/mol. The van der Waals surface area contributed by atoms with Gasteiger partial charge >= 0.3 is 5.97 Å². The molecule has 0 radical (unpaired) electrons. The number of halogens is 1. The van der Waals surface area contributed by atoms with Gasteiger partial charge in [0.25, 0.3) is 5.95 Å². The molecule has 134 valence electrons. The molecule has 0 amide bonds. The minimum atomic E-state index is -0.595. The van der Waals surface area contributed by atoms with Crippen LogP contribution in [0.25, 0.3) is 10.1 Å². The van der Waals surface area contributed by atoms with E-state index in [0.29, 0.717) is 11.7 Å². The summed E-state index contributed by atoms with van der Waals surface area (Å²) in [7, 11) is 0. The van der Waals surface area contributed by atoms with Crippen molar-refractivity contribution in [2.24, 2.45) is 10.9 Å². The van der Waals surface area contributed by atoms with Gasteiger partial charge in [-0.2, -0.15) is 0 Å². The van der Waals surface area contributed by atoms with Crippen LogP contribution in [0.3, 0.4) is 0 Å². The Morgan fingerprint density at radius 1 is 1.35 bits per heavy atom. The van der Waals surface area contributed by atoms with E-state index in [-0.39, 0.29) is 12.1 Å². The maximum absolute atomic E-state index is 12.9. The van der Waals surface area contributed by atoms with Gasteiger partial charge in [-0.25, -0.2) is 9.67 Å². The number of aromatic nitrogens is 4. The molecule has 0 saturated carbocycles. The van der Waals surface area contributed by atoms with E-state index in [1.807, 2.05) is 39.0 Å². The quantitative estimate of drug-likeness (QED) is 0.584. The zero-order chi connectivity index (χ0) is 18.4. The number of rotatable bonds is 3. The van der Waals surface area contributed by atoms with Gasteiger partial charge in [0.1, 0.15) is 12.0 Å². The number of thiophene rings is 1. The first-order valence-corrected chi connectivity index (χ1v) is 9.78. The predicted molar refractivity (Wildman–Crippen MR) is 103 cm³/mol. The molecule has 0 aliphatic carbocycles. The van der Waals surface area contributed by atoms with Gasteiger partial charge in [-0.1, -0.05) is 23.3 Å². The van der Waals surface area contributed by atoms with E-state index in [4.69, 9.17) is 4.74 Å². The Hall–Kier alpha value is -2.13. The first-order chi connectivity index (χ1) is 12.5. The van der Waals surface area contributed by atoms with Gasteiger partial charge in [0.15, 0.2) is 0 Å². The molecule has 1 aromatic carbocycles. The topological polar surface area (TPSA) is 82.3 Å². The fourth-order valence-corrected chi connectivity index (χ4v) is 5.18. The number of aliphatic imine (C=N–C) groups is 1. The number of carbonyl (C=O) groups excluding carboxylic acids is 1. The molecule has 1 aliphatic heterocycles. The van der Waals surface area contributed by atoms with E-state index in [1.165, 1.54) is 0 Å². The molecule has 1 aliphatic rings. The highest BCUT2D eigenvalue weighted by molar-refractivity contribution is 9.11. The number of hydrogen-bond donors (Lipinski definition) is 0. The van der Waals surface area contributed by atoms with Crippen LogP contribution in [0.4, 0.5) is 5.95 Å². The number of fused-ring (bicyclic) bond motifs is 2. The predicted octanol–water partition coefficient (Wildman–Crippen LogP) is 3.91. The highest BCUT2D eigenvalue weighted by Gasteiger charge is 2.42. The molecule has 2 atom stereocenters. The minimum absolute atomic E-state index is 0.214. The molecule has 0 fully saturated rings. The lowest BCUT2D eigenvalue weighted by Crippen LogP contribution is -2.38. The first-order valence-electron chi connectivity index (χ1n) is 8.18. The van der Waals surface area contributed by atoms with Gasteiger partial charge < -0.3 is 4.74 Å². The smallest absolute Gasteiger partial charge is 0.317 e. The SMILES string of the molecule is CC1=Nc2nnnn2C(c2c(Br)sc3ccccc23)C1C(=O)OC(C)C. The molecule has 26 heavy (non-hydrogen) atoms. The maximum Gasteiger partial charge on any atom is 0.317 e. The Kier molecular flexibility index (Phi) is 4.36. The van der Waals surface area contributed by atoms with E-state index in [2.05, 4.69) is 42.5 Å². The number of hydrogen-bond acceptors (Lipinski definition) is 7. The van der Waals surface area contributed by atoms with Crippen molar-refractivity contribution in [2.75, 3.05) is 0 Å². The number of carbonyl (C=O) groups is 1. The molecule has 4 rings (SSSR count). The summed E-state index contributed by atoms with van der Waals surface area (Å²) >= 11 is 5.30. The van der Waals surface area contributed by atoms with Gasteiger partial charge in [0.2, 0.25) is 0 Å². The van der Waals surface area contributed by atoms with Gasteiger partial charge in [0, 0.05) is 16.0 Å². The number of nitrogens with zero attached hydrogens (tertiary/aromatic N) is 5. The summed E-state index contributed by atoms with van der Waals surface area (Å²) in [6.45, 7) is 5.49. The third kappa shape index (κ3) is 2.75. The molecule has 0 bridgehead atoms. The van der Waals surface area contributed by atoms with Crippen LogP contribution in [-0.2, 0) is 9.53 Å². The number of esters is 1. The Labute approximate surface area is 162 Å². The van der Waals surface area contributed by atoms with Gasteiger partial charge in [-0.05, 0) is 58.6 Å².